The molecule has 1 N–H and O–H groups in total. The van der Waals surface area contributed by atoms with Gasteiger partial charge in [0.1, 0.15) is 18.1 Å². The van der Waals surface area contributed by atoms with E-state index in [4.69, 9.17) is 4.74 Å². The molecular weight excluding hydrogens is 314 g/mol. The van der Waals surface area contributed by atoms with Gasteiger partial charge in [-0.3, -0.25) is 9.36 Å². The summed E-state index contributed by atoms with van der Waals surface area (Å²) in [6.07, 6.45) is 3.20. The topological polar surface area (TPSA) is 56.1 Å². The van der Waals surface area contributed by atoms with Crippen molar-refractivity contribution in [2.45, 2.75) is 13.8 Å². The van der Waals surface area contributed by atoms with Crippen molar-refractivity contribution in [3.8, 4) is 11.4 Å². The maximum absolute atomic E-state index is 12.4. The molecule has 0 saturated carbocycles. The van der Waals surface area contributed by atoms with Crippen molar-refractivity contribution >= 4 is 5.91 Å². The fourth-order valence-electron chi connectivity index (χ4n) is 2.63. The van der Waals surface area contributed by atoms with Crippen LogP contribution in [0, 0.1) is 13.8 Å². The first-order valence-electron chi connectivity index (χ1n) is 8.21. The van der Waals surface area contributed by atoms with E-state index in [9.17, 15) is 4.79 Å². The molecule has 1 heterocycles. The summed E-state index contributed by atoms with van der Waals surface area (Å²) in [6.45, 7) is 4.90. The van der Waals surface area contributed by atoms with Gasteiger partial charge in [-0.25, -0.2) is 4.98 Å². The zero-order valence-electron chi connectivity index (χ0n) is 14.4. The van der Waals surface area contributed by atoms with Crippen molar-refractivity contribution in [1.82, 2.24) is 14.9 Å². The second-order valence-electron chi connectivity index (χ2n) is 5.86. The second-order valence-corrected chi connectivity index (χ2v) is 5.86. The van der Waals surface area contributed by atoms with Crippen LogP contribution >= 0.6 is 0 Å². The van der Waals surface area contributed by atoms with Gasteiger partial charge in [-0.1, -0.05) is 35.9 Å². The summed E-state index contributed by atoms with van der Waals surface area (Å²) >= 11 is 0. The number of ether oxygens (including phenoxy) is 1. The predicted octanol–water partition coefficient (Wildman–Crippen LogP) is 3.30. The maximum atomic E-state index is 12.4. The molecule has 0 atom stereocenters. The Morgan fingerprint density at radius 2 is 1.96 bits per heavy atom. The Bertz CT molecular complexity index is 856. The first-order valence-corrected chi connectivity index (χ1v) is 8.21. The molecule has 0 aliphatic rings. The van der Waals surface area contributed by atoms with Crippen LogP contribution in [0.25, 0.3) is 5.69 Å². The number of para-hydroxylation sites is 1. The fraction of sp³-hybridized carbons (Fsp3) is 0.200. The second kappa shape index (κ2) is 7.66. The number of carbonyl (C=O) groups excluding carboxylic acids is 1. The highest BCUT2D eigenvalue weighted by atomic mass is 16.5. The van der Waals surface area contributed by atoms with E-state index in [1.165, 1.54) is 5.56 Å². The van der Waals surface area contributed by atoms with E-state index in [2.05, 4.69) is 16.4 Å². The molecule has 0 fully saturated rings. The normalized spacial score (nSPS) is 10.5. The summed E-state index contributed by atoms with van der Waals surface area (Å²) in [6, 6.07) is 15.7. The SMILES string of the molecule is Cc1ccc(OCCNC(=O)c2cncn2-c2ccccc2)c(C)c1. The highest BCUT2D eigenvalue weighted by molar-refractivity contribution is 5.92. The zero-order valence-corrected chi connectivity index (χ0v) is 14.4. The van der Waals surface area contributed by atoms with Crippen LogP contribution in [-0.2, 0) is 0 Å². The molecule has 0 radical (unpaired) electrons. The summed E-state index contributed by atoms with van der Waals surface area (Å²) in [4.78, 5) is 16.5. The van der Waals surface area contributed by atoms with Crippen LogP contribution < -0.4 is 10.1 Å². The summed E-state index contributed by atoms with van der Waals surface area (Å²) < 4.78 is 7.50. The summed E-state index contributed by atoms with van der Waals surface area (Å²) in [5.41, 5.74) is 3.69. The number of nitrogens with one attached hydrogen (secondary N) is 1. The Morgan fingerprint density at radius 3 is 2.72 bits per heavy atom. The van der Waals surface area contributed by atoms with E-state index >= 15 is 0 Å². The number of hydrogen-bond acceptors (Lipinski definition) is 3. The standard InChI is InChI=1S/C20H21N3O2/c1-15-8-9-19(16(2)12-15)25-11-10-22-20(24)18-13-21-14-23(18)17-6-4-3-5-7-17/h3-9,12-14H,10-11H2,1-2H3,(H,22,24). The largest absolute Gasteiger partial charge is 0.491 e. The number of aromatic nitrogens is 2. The first kappa shape index (κ1) is 16.8. The monoisotopic (exact) mass is 335 g/mol. The van der Waals surface area contributed by atoms with Crippen LogP contribution in [-0.4, -0.2) is 28.6 Å². The molecule has 0 unspecified atom stereocenters. The zero-order chi connectivity index (χ0) is 17.6. The number of nitrogens with zero attached hydrogens (tertiary/aromatic N) is 2. The van der Waals surface area contributed by atoms with Gasteiger partial charge in [0, 0.05) is 5.69 Å². The van der Waals surface area contributed by atoms with Gasteiger partial charge < -0.3 is 10.1 Å². The molecule has 0 saturated heterocycles. The van der Waals surface area contributed by atoms with Gasteiger partial charge in [-0.05, 0) is 37.6 Å². The molecule has 25 heavy (non-hydrogen) atoms. The highest BCUT2D eigenvalue weighted by Gasteiger charge is 2.12. The van der Waals surface area contributed by atoms with Crippen molar-refractivity contribution in [2.75, 3.05) is 13.2 Å². The lowest BCUT2D eigenvalue weighted by Crippen LogP contribution is -2.29. The maximum Gasteiger partial charge on any atom is 0.270 e. The van der Waals surface area contributed by atoms with Crippen molar-refractivity contribution in [3.05, 3.63) is 77.9 Å². The van der Waals surface area contributed by atoms with E-state index < -0.39 is 0 Å². The molecular formula is C20H21N3O2. The van der Waals surface area contributed by atoms with Gasteiger partial charge in [0.25, 0.3) is 5.91 Å². The number of hydrogen-bond donors (Lipinski definition) is 1. The molecule has 1 amide bonds. The number of benzene rings is 2. The van der Waals surface area contributed by atoms with Crippen LogP contribution in [0.2, 0.25) is 0 Å². The lowest BCUT2D eigenvalue weighted by molar-refractivity contribution is 0.0940. The minimum atomic E-state index is -0.175. The van der Waals surface area contributed by atoms with Crippen LogP contribution in [0.3, 0.4) is 0 Å². The van der Waals surface area contributed by atoms with Crippen molar-refractivity contribution in [1.29, 1.82) is 0 Å². The third-order valence-corrected chi connectivity index (χ3v) is 3.88. The van der Waals surface area contributed by atoms with Crippen molar-refractivity contribution < 1.29 is 9.53 Å². The third-order valence-electron chi connectivity index (χ3n) is 3.88. The number of imidazole rings is 1. The van der Waals surface area contributed by atoms with Crippen LogP contribution in [0.1, 0.15) is 21.6 Å². The summed E-state index contributed by atoms with van der Waals surface area (Å²) in [7, 11) is 0. The molecule has 5 heteroatoms. The molecule has 5 nitrogen and oxygen atoms in total. The van der Waals surface area contributed by atoms with E-state index in [1.807, 2.05) is 56.3 Å². The molecule has 128 valence electrons. The lowest BCUT2D eigenvalue weighted by atomic mass is 10.1. The number of aryl methyl sites for hydroxylation is 2. The smallest absolute Gasteiger partial charge is 0.270 e. The molecule has 1 aromatic heterocycles. The highest BCUT2D eigenvalue weighted by Crippen LogP contribution is 2.18. The van der Waals surface area contributed by atoms with Gasteiger partial charge in [0.05, 0.1) is 19.1 Å². The van der Waals surface area contributed by atoms with Gasteiger partial charge in [0.2, 0.25) is 0 Å². The Morgan fingerprint density at radius 1 is 1.16 bits per heavy atom. The van der Waals surface area contributed by atoms with Gasteiger partial charge in [-0.15, -0.1) is 0 Å². The molecule has 3 aromatic rings. The van der Waals surface area contributed by atoms with E-state index in [1.54, 1.807) is 17.1 Å². The van der Waals surface area contributed by atoms with E-state index in [0.29, 0.717) is 18.8 Å². The van der Waals surface area contributed by atoms with Crippen molar-refractivity contribution in [2.24, 2.45) is 0 Å². The number of rotatable bonds is 6. The third kappa shape index (κ3) is 4.07. The van der Waals surface area contributed by atoms with Crippen LogP contribution in [0.15, 0.2) is 61.1 Å². The fourth-order valence-corrected chi connectivity index (χ4v) is 2.63. The predicted molar refractivity (Wildman–Crippen MR) is 97.3 cm³/mol. The number of amides is 1. The van der Waals surface area contributed by atoms with E-state index in [-0.39, 0.29) is 5.91 Å². The minimum Gasteiger partial charge on any atom is -0.491 e. The lowest BCUT2D eigenvalue weighted by Gasteiger charge is -2.11. The summed E-state index contributed by atoms with van der Waals surface area (Å²) in [5, 5.41) is 2.87. The van der Waals surface area contributed by atoms with Gasteiger partial charge in [0.15, 0.2) is 0 Å². The van der Waals surface area contributed by atoms with Crippen molar-refractivity contribution in [3.63, 3.8) is 0 Å². The first-order chi connectivity index (χ1) is 12.1. The average Bonchev–Trinajstić information content (AvgIpc) is 3.10. The van der Waals surface area contributed by atoms with E-state index in [0.717, 1.165) is 17.0 Å². The number of carbonyl (C=O) groups is 1. The Hall–Kier alpha value is -3.08. The molecule has 0 aliphatic carbocycles. The molecule has 0 bridgehead atoms. The Balaban J connectivity index is 1.56. The minimum absolute atomic E-state index is 0.175. The molecule has 0 spiro atoms. The molecule has 3 rings (SSSR count). The molecule has 2 aromatic carbocycles. The average molecular weight is 335 g/mol. The van der Waals surface area contributed by atoms with Crippen LogP contribution in [0.4, 0.5) is 0 Å². The molecule has 0 aliphatic heterocycles. The van der Waals surface area contributed by atoms with Crippen LogP contribution in [0.5, 0.6) is 5.75 Å². The summed E-state index contributed by atoms with van der Waals surface area (Å²) in [5.74, 6) is 0.666. The van der Waals surface area contributed by atoms with Gasteiger partial charge in [-0.2, -0.15) is 0 Å². The quantitative estimate of drug-likeness (QED) is 0.703. The van der Waals surface area contributed by atoms with Gasteiger partial charge >= 0.3 is 0 Å². The Labute approximate surface area is 147 Å². The Kier molecular flexibility index (Phi) is 5.14.